The summed E-state index contributed by atoms with van der Waals surface area (Å²) in [5.74, 6) is 1.68. The number of aromatic nitrogens is 2. The van der Waals surface area contributed by atoms with Crippen molar-refractivity contribution in [1.29, 1.82) is 0 Å². The summed E-state index contributed by atoms with van der Waals surface area (Å²) in [7, 11) is 0. The van der Waals surface area contributed by atoms with E-state index in [9.17, 15) is 0 Å². The highest BCUT2D eigenvalue weighted by atomic mass is 32.1. The Morgan fingerprint density at radius 1 is 1.54 bits per heavy atom. The Labute approximate surface area is 81.0 Å². The lowest BCUT2D eigenvalue weighted by Gasteiger charge is -2.40. The smallest absolute Gasteiger partial charge is 0.130 e. The molecule has 1 N–H and O–H groups in total. The molecule has 0 radical (unpaired) electrons. The zero-order valence-electron chi connectivity index (χ0n) is 7.18. The number of fused-ring (bicyclic) bond motifs is 1. The summed E-state index contributed by atoms with van der Waals surface area (Å²) in [5.41, 5.74) is 0. The van der Waals surface area contributed by atoms with E-state index in [1.807, 2.05) is 0 Å². The molecule has 1 aromatic heterocycles. The van der Waals surface area contributed by atoms with Gasteiger partial charge in [0.25, 0.3) is 0 Å². The van der Waals surface area contributed by atoms with Gasteiger partial charge in [0, 0.05) is 23.5 Å². The number of nitrogens with zero attached hydrogens (tertiary/aromatic N) is 2. The molecule has 1 fully saturated rings. The number of hydrogen-bond donors (Lipinski definition) is 1. The summed E-state index contributed by atoms with van der Waals surface area (Å²) < 4.78 is 3.83. The van der Waals surface area contributed by atoms with Gasteiger partial charge in [0.1, 0.15) is 5.00 Å². The Kier molecular flexibility index (Phi) is 1.62. The second kappa shape index (κ2) is 2.80. The molecule has 1 saturated carbocycles. The van der Waals surface area contributed by atoms with Crippen molar-refractivity contribution in [2.75, 3.05) is 5.32 Å². The van der Waals surface area contributed by atoms with Crippen LogP contribution in [-0.4, -0.2) is 15.6 Å². The average Bonchev–Trinajstić information content (AvgIpc) is 2.69. The molecule has 3 rings (SSSR count). The largest absolute Gasteiger partial charge is 0.371 e. The highest BCUT2D eigenvalue weighted by Crippen LogP contribution is 2.44. The Morgan fingerprint density at radius 3 is 3.31 bits per heavy atom. The van der Waals surface area contributed by atoms with E-state index < -0.39 is 0 Å². The number of hydrogen-bond acceptors (Lipinski definition) is 4. The van der Waals surface area contributed by atoms with Gasteiger partial charge in [-0.1, -0.05) is 16.6 Å². The Hall–Kier alpha value is -0.900. The fraction of sp³-hybridized carbons (Fsp3) is 0.556. The quantitative estimate of drug-likeness (QED) is 0.729. The average molecular weight is 193 g/mol. The maximum absolute atomic E-state index is 3.83. The van der Waals surface area contributed by atoms with E-state index in [0.29, 0.717) is 6.04 Å². The highest BCUT2D eigenvalue weighted by Gasteiger charge is 2.40. The van der Waals surface area contributed by atoms with Gasteiger partial charge in [0.15, 0.2) is 0 Å². The first-order chi connectivity index (χ1) is 6.43. The molecule has 0 spiro atoms. The molecule has 0 aromatic carbocycles. The third-order valence-electron chi connectivity index (χ3n) is 3.05. The zero-order chi connectivity index (χ0) is 8.67. The fourth-order valence-electron chi connectivity index (χ4n) is 2.30. The van der Waals surface area contributed by atoms with Crippen molar-refractivity contribution < 1.29 is 0 Å². The Morgan fingerprint density at radius 2 is 2.54 bits per heavy atom. The lowest BCUT2D eigenvalue weighted by molar-refractivity contribution is 0.218. The van der Waals surface area contributed by atoms with Gasteiger partial charge < -0.3 is 5.32 Å². The highest BCUT2D eigenvalue weighted by molar-refractivity contribution is 7.09. The number of rotatable bonds is 2. The standard InChI is InChI=1S/C9H11N3S/c1-2-6-4-8(7(6)3-1)11-9-5-10-12-13-9/h1,3,5-8,11H,2,4H2. The van der Waals surface area contributed by atoms with Crippen molar-refractivity contribution in [1.82, 2.24) is 9.59 Å². The first kappa shape index (κ1) is 7.50. The molecule has 3 atom stereocenters. The SMILES string of the molecule is C1=CC2C(C1)CC2Nc1cnns1. The summed E-state index contributed by atoms with van der Waals surface area (Å²) in [4.78, 5) is 0. The van der Waals surface area contributed by atoms with E-state index in [4.69, 9.17) is 0 Å². The summed E-state index contributed by atoms with van der Waals surface area (Å²) in [6.07, 6.45) is 9.04. The molecule has 0 amide bonds. The van der Waals surface area contributed by atoms with Crippen molar-refractivity contribution in [3.63, 3.8) is 0 Å². The van der Waals surface area contributed by atoms with Gasteiger partial charge in [0.05, 0.1) is 6.20 Å². The van der Waals surface area contributed by atoms with Crippen LogP contribution >= 0.6 is 11.5 Å². The number of allylic oxidation sites excluding steroid dienone is 1. The second-order valence-corrected chi connectivity index (χ2v) is 4.56. The van der Waals surface area contributed by atoms with Gasteiger partial charge in [-0.05, 0) is 18.8 Å². The minimum atomic E-state index is 0.631. The van der Waals surface area contributed by atoms with Crippen LogP contribution < -0.4 is 5.32 Å². The summed E-state index contributed by atoms with van der Waals surface area (Å²) in [5, 5.41) is 8.38. The monoisotopic (exact) mass is 193 g/mol. The molecule has 1 aromatic rings. The topological polar surface area (TPSA) is 37.8 Å². The van der Waals surface area contributed by atoms with Crippen molar-refractivity contribution in [3.05, 3.63) is 18.3 Å². The van der Waals surface area contributed by atoms with Gasteiger partial charge in [-0.15, -0.1) is 5.10 Å². The van der Waals surface area contributed by atoms with E-state index in [0.717, 1.165) is 16.8 Å². The van der Waals surface area contributed by atoms with E-state index >= 15 is 0 Å². The van der Waals surface area contributed by atoms with E-state index in [1.54, 1.807) is 6.20 Å². The minimum absolute atomic E-state index is 0.631. The van der Waals surface area contributed by atoms with Gasteiger partial charge in [0.2, 0.25) is 0 Å². The molecule has 2 aliphatic rings. The van der Waals surface area contributed by atoms with E-state index in [2.05, 4.69) is 27.1 Å². The van der Waals surface area contributed by atoms with Crippen LogP contribution in [0.5, 0.6) is 0 Å². The van der Waals surface area contributed by atoms with E-state index in [1.165, 1.54) is 24.4 Å². The van der Waals surface area contributed by atoms with Crippen molar-refractivity contribution in [3.8, 4) is 0 Å². The molecular formula is C9H11N3S. The molecule has 2 aliphatic carbocycles. The van der Waals surface area contributed by atoms with Gasteiger partial charge in [-0.2, -0.15) is 0 Å². The lowest BCUT2D eigenvalue weighted by Crippen LogP contribution is -2.43. The van der Waals surface area contributed by atoms with Gasteiger partial charge in [-0.3, -0.25) is 0 Å². The maximum Gasteiger partial charge on any atom is 0.130 e. The van der Waals surface area contributed by atoms with Crippen LogP contribution in [0.4, 0.5) is 5.00 Å². The lowest BCUT2D eigenvalue weighted by atomic mass is 9.71. The summed E-state index contributed by atoms with van der Waals surface area (Å²) in [6, 6.07) is 0.631. The Balaban J connectivity index is 1.66. The summed E-state index contributed by atoms with van der Waals surface area (Å²) >= 11 is 1.44. The summed E-state index contributed by atoms with van der Waals surface area (Å²) in [6.45, 7) is 0. The zero-order valence-corrected chi connectivity index (χ0v) is 8.00. The molecular weight excluding hydrogens is 182 g/mol. The van der Waals surface area contributed by atoms with Crippen LogP contribution in [0.15, 0.2) is 18.3 Å². The molecule has 68 valence electrons. The van der Waals surface area contributed by atoms with Crippen LogP contribution in [0.25, 0.3) is 0 Å². The van der Waals surface area contributed by atoms with Crippen molar-refractivity contribution >= 4 is 16.5 Å². The minimum Gasteiger partial charge on any atom is -0.371 e. The van der Waals surface area contributed by atoms with Crippen molar-refractivity contribution in [2.24, 2.45) is 11.8 Å². The third-order valence-corrected chi connectivity index (χ3v) is 3.65. The maximum atomic E-state index is 3.83. The van der Waals surface area contributed by atoms with Crippen LogP contribution in [0.3, 0.4) is 0 Å². The third kappa shape index (κ3) is 1.16. The molecule has 3 nitrogen and oxygen atoms in total. The van der Waals surface area contributed by atoms with Crippen molar-refractivity contribution in [2.45, 2.75) is 18.9 Å². The second-order valence-electron chi connectivity index (χ2n) is 3.77. The predicted octanol–water partition coefficient (Wildman–Crippen LogP) is 1.91. The molecule has 4 heteroatoms. The van der Waals surface area contributed by atoms with Crippen LogP contribution in [-0.2, 0) is 0 Å². The van der Waals surface area contributed by atoms with Gasteiger partial charge >= 0.3 is 0 Å². The fourth-order valence-corrected chi connectivity index (χ4v) is 2.78. The number of nitrogens with one attached hydrogen (secondary N) is 1. The molecule has 0 aliphatic heterocycles. The van der Waals surface area contributed by atoms with E-state index in [-0.39, 0.29) is 0 Å². The van der Waals surface area contributed by atoms with Crippen LogP contribution in [0.1, 0.15) is 12.8 Å². The molecule has 13 heavy (non-hydrogen) atoms. The first-order valence-corrected chi connectivity index (χ1v) is 5.41. The molecule has 3 unspecified atom stereocenters. The molecule has 1 heterocycles. The van der Waals surface area contributed by atoms with Crippen LogP contribution in [0, 0.1) is 11.8 Å². The normalized spacial score (nSPS) is 35.5. The Bertz CT molecular complexity index is 320. The molecule has 0 bridgehead atoms. The molecule has 0 saturated heterocycles. The first-order valence-electron chi connectivity index (χ1n) is 4.64. The van der Waals surface area contributed by atoms with Gasteiger partial charge in [-0.25, -0.2) is 0 Å². The van der Waals surface area contributed by atoms with Crippen LogP contribution in [0.2, 0.25) is 0 Å². The number of anilines is 1. The predicted molar refractivity (Wildman–Crippen MR) is 52.7 cm³/mol.